The molecular weight excluding hydrogens is 248 g/mol. The SMILES string of the molecule is CC1COc2ccccc2C1NCC(C)N(C)C1CC1. The molecule has 1 aliphatic heterocycles. The minimum absolute atomic E-state index is 0.412. The van der Waals surface area contributed by atoms with Crippen molar-refractivity contribution < 1.29 is 4.74 Å². The first kappa shape index (κ1) is 13.9. The molecule has 2 aliphatic rings. The van der Waals surface area contributed by atoms with E-state index in [4.69, 9.17) is 4.74 Å². The molecule has 1 heterocycles. The van der Waals surface area contributed by atoms with Crippen LogP contribution in [0.2, 0.25) is 0 Å². The highest BCUT2D eigenvalue weighted by Crippen LogP contribution is 2.35. The molecule has 0 amide bonds. The summed E-state index contributed by atoms with van der Waals surface area (Å²) in [6, 6.07) is 10.3. The van der Waals surface area contributed by atoms with Crippen LogP contribution < -0.4 is 10.1 Å². The van der Waals surface area contributed by atoms with Gasteiger partial charge >= 0.3 is 0 Å². The van der Waals surface area contributed by atoms with Crippen molar-refractivity contribution in [1.82, 2.24) is 10.2 Å². The van der Waals surface area contributed by atoms with Crippen LogP contribution >= 0.6 is 0 Å². The molecule has 1 aromatic carbocycles. The summed E-state index contributed by atoms with van der Waals surface area (Å²) >= 11 is 0. The molecule has 1 saturated carbocycles. The van der Waals surface area contributed by atoms with Crippen molar-refractivity contribution in [3.63, 3.8) is 0 Å². The molecule has 3 unspecified atom stereocenters. The molecule has 0 saturated heterocycles. The predicted molar refractivity (Wildman–Crippen MR) is 82.1 cm³/mol. The minimum atomic E-state index is 0.412. The van der Waals surface area contributed by atoms with E-state index in [1.807, 2.05) is 0 Å². The maximum absolute atomic E-state index is 5.82. The number of hydrogen-bond donors (Lipinski definition) is 1. The molecule has 1 aromatic rings. The topological polar surface area (TPSA) is 24.5 Å². The van der Waals surface area contributed by atoms with Crippen LogP contribution in [-0.2, 0) is 0 Å². The molecule has 3 rings (SSSR count). The number of nitrogens with one attached hydrogen (secondary N) is 1. The second kappa shape index (κ2) is 5.74. The summed E-state index contributed by atoms with van der Waals surface area (Å²) in [5.74, 6) is 1.56. The molecular formula is C17H26N2O. The van der Waals surface area contributed by atoms with Gasteiger partial charge in [-0.05, 0) is 32.9 Å². The van der Waals surface area contributed by atoms with Crippen LogP contribution in [0.5, 0.6) is 5.75 Å². The smallest absolute Gasteiger partial charge is 0.124 e. The Kier molecular flexibility index (Phi) is 3.99. The van der Waals surface area contributed by atoms with E-state index in [0.717, 1.165) is 24.9 Å². The highest BCUT2D eigenvalue weighted by atomic mass is 16.5. The lowest BCUT2D eigenvalue weighted by Crippen LogP contribution is -2.43. The van der Waals surface area contributed by atoms with Crippen molar-refractivity contribution in [2.75, 3.05) is 20.2 Å². The fraction of sp³-hybridized carbons (Fsp3) is 0.647. The van der Waals surface area contributed by atoms with Crippen molar-refractivity contribution in [3.05, 3.63) is 29.8 Å². The van der Waals surface area contributed by atoms with E-state index in [2.05, 4.69) is 55.4 Å². The molecule has 3 atom stereocenters. The Hall–Kier alpha value is -1.06. The lowest BCUT2D eigenvalue weighted by molar-refractivity contribution is 0.174. The van der Waals surface area contributed by atoms with Gasteiger partial charge < -0.3 is 10.1 Å². The molecule has 1 aliphatic carbocycles. The zero-order valence-corrected chi connectivity index (χ0v) is 12.8. The molecule has 20 heavy (non-hydrogen) atoms. The maximum atomic E-state index is 5.82. The van der Waals surface area contributed by atoms with Crippen molar-refractivity contribution in [1.29, 1.82) is 0 Å². The summed E-state index contributed by atoms with van der Waals surface area (Å²) in [5, 5.41) is 3.77. The third-order valence-electron chi connectivity index (χ3n) is 4.78. The van der Waals surface area contributed by atoms with E-state index in [9.17, 15) is 0 Å². The zero-order valence-electron chi connectivity index (χ0n) is 12.8. The van der Waals surface area contributed by atoms with E-state index in [1.165, 1.54) is 18.4 Å². The first-order valence-corrected chi connectivity index (χ1v) is 7.84. The van der Waals surface area contributed by atoms with Crippen LogP contribution in [0.4, 0.5) is 0 Å². The summed E-state index contributed by atoms with van der Waals surface area (Å²) in [7, 11) is 2.26. The van der Waals surface area contributed by atoms with Crippen molar-refractivity contribution >= 4 is 0 Å². The molecule has 110 valence electrons. The molecule has 0 spiro atoms. The highest BCUT2D eigenvalue weighted by Gasteiger charge is 2.31. The molecule has 0 radical (unpaired) electrons. The lowest BCUT2D eigenvalue weighted by Gasteiger charge is -2.34. The van der Waals surface area contributed by atoms with Gasteiger partial charge in [0.05, 0.1) is 6.61 Å². The van der Waals surface area contributed by atoms with Gasteiger partial charge in [-0.15, -0.1) is 0 Å². The Bertz CT molecular complexity index is 458. The molecule has 3 nitrogen and oxygen atoms in total. The van der Waals surface area contributed by atoms with E-state index >= 15 is 0 Å². The van der Waals surface area contributed by atoms with Gasteiger partial charge in [0.15, 0.2) is 0 Å². The van der Waals surface area contributed by atoms with Crippen molar-refractivity contribution in [3.8, 4) is 5.75 Å². The van der Waals surface area contributed by atoms with Gasteiger partial charge in [0.1, 0.15) is 5.75 Å². The monoisotopic (exact) mass is 274 g/mol. The molecule has 1 N–H and O–H groups in total. The summed E-state index contributed by atoms with van der Waals surface area (Å²) in [5.41, 5.74) is 1.31. The average molecular weight is 274 g/mol. The van der Waals surface area contributed by atoms with Gasteiger partial charge in [0, 0.05) is 36.2 Å². The zero-order chi connectivity index (χ0) is 14.1. The van der Waals surface area contributed by atoms with Crippen molar-refractivity contribution in [2.45, 2.75) is 44.8 Å². The van der Waals surface area contributed by atoms with Crippen molar-refractivity contribution in [2.24, 2.45) is 5.92 Å². The summed E-state index contributed by atoms with van der Waals surface area (Å²) < 4.78 is 5.82. The number of benzene rings is 1. The summed E-state index contributed by atoms with van der Waals surface area (Å²) in [6.07, 6.45) is 2.74. The Labute approximate surface area is 122 Å². The van der Waals surface area contributed by atoms with Crippen LogP contribution in [0.3, 0.4) is 0 Å². The first-order chi connectivity index (χ1) is 9.66. The first-order valence-electron chi connectivity index (χ1n) is 7.84. The van der Waals surface area contributed by atoms with Crippen LogP contribution in [0, 0.1) is 5.92 Å². The van der Waals surface area contributed by atoms with Gasteiger partial charge in [-0.1, -0.05) is 25.1 Å². The molecule has 0 bridgehead atoms. The van der Waals surface area contributed by atoms with Gasteiger partial charge in [-0.2, -0.15) is 0 Å². The second-order valence-corrected chi connectivity index (χ2v) is 6.46. The standard InChI is InChI=1S/C17H26N2O/c1-12-11-20-16-7-5-4-6-15(16)17(12)18-10-13(2)19(3)14-8-9-14/h4-7,12-14,17-18H,8-11H2,1-3H3. The van der Waals surface area contributed by atoms with Crippen LogP contribution in [0.1, 0.15) is 38.3 Å². The molecule has 1 fully saturated rings. The summed E-state index contributed by atoms with van der Waals surface area (Å²) in [6.45, 7) is 6.43. The normalized spacial score (nSPS) is 27.0. The van der Waals surface area contributed by atoms with Gasteiger partial charge in [0.25, 0.3) is 0 Å². The van der Waals surface area contributed by atoms with Gasteiger partial charge in [0.2, 0.25) is 0 Å². The van der Waals surface area contributed by atoms with Gasteiger partial charge in [-0.25, -0.2) is 0 Å². The predicted octanol–water partition coefficient (Wildman–Crippen LogP) is 2.83. The fourth-order valence-electron chi connectivity index (χ4n) is 3.09. The lowest BCUT2D eigenvalue weighted by atomic mass is 9.92. The number of nitrogens with zero attached hydrogens (tertiary/aromatic N) is 1. The van der Waals surface area contributed by atoms with Crippen LogP contribution in [0.25, 0.3) is 0 Å². The van der Waals surface area contributed by atoms with E-state index in [-0.39, 0.29) is 0 Å². The maximum Gasteiger partial charge on any atom is 0.124 e. The average Bonchev–Trinajstić information content (AvgIpc) is 3.29. The molecule has 3 heteroatoms. The Balaban J connectivity index is 1.64. The highest BCUT2D eigenvalue weighted by molar-refractivity contribution is 5.37. The third-order valence-corrected chi connectivity index (χ3v) is 4.78. The van der Waals surface area contributed by atoms with Gasteiger partial charge in [-0.3, -0.25) is 4.90 Å². The Morgan fingerprint density at radius 1 is 1.35 bits per heavy atom. The Morgan fingerprint density at radius 2 is 2.10 bits per heavy atom. The number of fused-ring (bicyclic) bond motifs is 1. The minimum Gasteiger partial charge on any atom is -0.493 e. The number of para-hydroxylation sites is 1. The van der Waals surface area contributed by atoms with E-state index < -0.39 is 0 Å². The van der Waals surface area contributed by atoms with Crippen LogP contribution in [-0.4, -0.2) is 37.2 Å². The fourth-order valence-corrected chi connectivity index (χ4v) is 3.09. The second-order valence-electron chi connectivity index (χ2n) is 6.46. The quantitative estimate of drug-likeness (QED) is 0.893. The van der Waals surface area contributed by atoms with E-state index in [0.29, 0.717) is 18.0 Å². The largest absolute Gasteiger partial charge is 0.493 e. The Morgan fingerprint density at radius 3 is 2.85 bits per heavy atom. The van der Waals surface area contributed by atoms with Crippen LogP contribution in [0.15, 0.2) is 24.3 Å². The molecule has 0 aromatic heterocycles. The third kappa shape index (κ3) is 2.84. The number of likely N-dealkylation sites (N-methyl/N-ethyl adjacent to an activating group) is 1. The summed E-state index contributed by atoms with van der Waals surface area (Å²) in [4.78, 5) is 2.52. The number of rotatable bonds is 5. The number of ether oxygens (including phenoxy) is 1. The number of hydrogen-bond acceptors (Lipinski definition) is 3. The van der Waals surface area contributed by atoms with E-state index in [1.54, 1.807) is 0 Å².